The predicted octanol–water partition coefficient (Wildman–Crippen LogP) is 1.67. The fourth-order valence-electron chi connectivity index (χ4n) is 2.81. The highest BCUT2D eigenvalue weighted by atomic mass is 32.2. The molecular weight excluding hydrogens is 326 g/mol. The second-order valence-corrected chi connectivity index (χ2v) is 8.31. The maximum absolute atomic E-state index is 11.7. The van der Waals surface area contributed by atoms with Crippen molar-refractivity contribution in [1.82, 2.24) is 15.2 Å². The quantitative estimate of drug-likeness (QED) is 0.880. The van der Waals surface area contributed by atoms with Gasteiger partial charge in [-0.1, -0.05) is 30.3 Å². The summed E-state index contributed by atoms with van der Waals surface area (Å²) >= 11 is 0. The molecule has 8 heteroatoms. The van der Waals surface area contributed by atoms with Gasteiger partial charge in [0.15, 0.2) is 15.7 Å². The zero-order valence-electron chi connectivity index (χ0n) is 13.8. The van der Waals surface area contributed by atoms with Gasteiger partial charge in [-0.15, -0.1) is 5.10 Å². The number of sulfone groups is 1. The van der Waals surface area contributed by atoms with E-state index >= 15 is 0 Å². The van der Waals surface area contributed by atoms with Crippen molar-refractivity contribution in [2.45, 2.75) is 25.4 Å². The highest BCUT2D eigenvalue weighted by molar-refractivity contribution is 7.91. The summed E-state index contributed by atoms with van der Waals surface area (Å²) in [5, 5.41) is 11.3. The van der Waals surface area contributed by atoms with Crippen LogP contribution in [-0.2, 0) is 9.84 Å². The van der Waals surface area contributed by atoms with E-state index < -0.39 is 9.84 Å². The van der Waals surface area contributed by atoms with Crippen LogP contribution in [-0.4, -0.2) is 48.2 Å². The third kappa shape index (κ3) is 3.81. The first-order chi connectivity index (χ1) is 11.4. The molecule has 1 fully saturated rings. The summed E-state index contributed by atoms with van der Waals surface area (Å²) in [6, 6.07) is 9.98. The topological polar surface area (TPSA) is 88.1 Å². The Kier molecular flexibility index (Phi) is 4.66. The van der Waals surface area contributed by atoms with Crippen molar-refractivity contribution in [2.75, 3.05) is 28.8 Å². The molecule has 1 aromatic carbocycles. The summed E-state index contributed by atoms with van der Waals surface area (Å²) in [4.78, 5) is 6.35. The van der Waals surface area contributed by atoms with Crippen LogP contribution in [0, 0.1) is 0 Å². The van der Waals surface area contributed by atoms with Gasteiger partial charge in [-0.25, -0.2) is 8.42 Å². The molecule has 2 aromatic rings. The molecule has 2 heterocycles. The first-order valence-corrected chi connectivity index (χ1v) is 9.71. The first-order valence-electron chi connectivity index (χ1n) is 7.89. The number of nitrogens with one attached hydrogen (secondary N) is 1. The van der Waals surface area contributed by atoms with E-state index in [1.165, 1.54) is 0 Å². The van der Waals surface area contributed by atoms with Crippen LogP contribution in [0.25, 0.3) is 0 Å². The van der Waals surface area contributed by atoms with Crippen LogP contribution >= 0.6 is 0 Å². The number of benzene rings is 1. The monoisotopic (exact) mass is 347 g/mol. The van der Waals surface area contributed by atoms with Crippen LogP contribution in [0.5, 0.6) is 0 Å². The van der Waals surface area contributed by atoms with E-state index in [4.69, 9.17) is 0 Å². The van der Waals surface area contributed by atoms with Crippen molar-refractivity contribution < 1.29 is 8.42 Å². The van der Waals surface area contributed by atoms with Crippen molar-refractivity contribution in [3.63, 3.8) is 0 Å². The molecule has 128 valence electrons. The minimum Gasteiger partial charge on any atom is -0.354 e. The lowest BCUT2D eigenvalue weighted by Crippen LogP contribution is -2.33. The fraction of sp³-hybridized carbons (Fsp3) is 0.438. The lowest BCUT2D eigenvalue weighted by Gasteiger charge is -2.24. The third-order valence-corrected chi connectivity index (χ3v) is 6.06. The Balaban J connectivity index is 1.72. The Morgan fingerprint density at radius 3 is 2.71 bits per heavy atom. The smallest absolute Gasteiger partial charge is 0.245 e. The Morgan fingerprint density at radius 2 is 2.04 bits per heavy atom. The van der Waals surface area contributed by atoms with E-state index in [-0.39, 0.29) is 23.6 Å². The van der Waals surface area contributed by atoms with Crippen LogP contribution in [0.2, 0.25) is 0 Å². The maximum atomic E-state index is 11.7. The minimum atomic E-state index is -2.93. The van der Waals surface area contributed by atoms with E-state index in [0.717, 1.165) is 5.56 Å². The molecule has 0 amide bonds. The predicted molar refractivity (Wildman–Crippen MR) is 93.8 cm³/mol. The second-order valence-electron chi connectivity index (χ2n) is 6.08. The lowest BCUT2D eigenvalue weighted by atomic mass is 10.1. The summed E-state index contributed by atoms with van der Waals surface area (Å²) < 4.78 is 23.3. The van der Waals surface area contributed by atoms with E-state index in [1.54, 1.807) is 6.20 Å². The molecule has 24 heavy (non-hydrogen) atoms. The number of anilines is 2. The number of hydrogen-bond donors (Lipinski definition) is 1. The lowest BCUT2D eigenvalue weighted by molar-refractivity contribution is 0.600. The molecule has 1 aromatic heterocycles. The molecule has 1 N–H and O–H groups in total. The molecule has 0 radical (unpaired) electrons. The Labute approximate surface area is 142 Å². The summed E-state index contributed by atoms with van der Waals surface area (Å²) in [6.45, 7) is 2.03. The zero-order valence-corrected chi connectivity index (χ0v) is 14.6. The molecule has 1 aliphatic heterocycles. The van der Waals surface area contributed by atoms with E-state index in [2.05, 4.69) is 20.5 Å². The van der Waals surface area contributed by atoms with Gasteiger partial charge >= 0.3 is 0 Å². The third-order valence-electron chi connectivity index (χ3n) is 4.31. The van der Waals surface area contributed by atoms with Gasteiger partial charge in [-0.2, -0.15) is 10.1 Å². The molecule has 3 rings (SSSR count). The van der Waals surface area contributed by atoms with E-state index in [1.807, 2.05) is 49.2 Å². The molecule has 1 aliphatic rings. The molecule has 2 unspecified atom stereocenters. The van der Waals surface area contributed by atoms with Gasteiger partial charge in [0.1, 0.15) is 0 Å². The molecule has 1 saturated heterocycles. The average Bonchev–Trinajstić information content (AvgIpc) is 2.95. The summed E-state index contributed by atoms with van der Waals surface area (Å²) in [7, 11) is -1.09. The highest BCUT2D eigenvalue weighted by Gasteiger charge is 2.31. The van der Waals surface area contributed by atoms with Crippen LogP contribution in [0.3, 0.4) is 0 Å². The van der Waals surface area contributed by atoms with Gasteiger partial charge in [-0.3, -0.25) is 0 Å². The average molecular weight is 347 g/mol. The van der Waals surface area contributed by atoms with Gasteiger partial charge in [0, 0.05) is 13.1 Å². The number of nitrogens with zero attached hydrogens (tertiary/aromatic N) is 4. The maximum Gasteiger partial charge on any atom is 0.245 e. The Bertz CT molecular complexity index is 797. The first kappa shape index (κ1) is 16.6. The second kappa shape index (κ2) is 6.72. The van der Waals surface area contributed by atoms with Crippen LogP contribution in [0.1, 0.15) is 24.9 Å². The number of hydrogen-bond acceptors (Lipinski definition) is 7. The molecule has 0 spiro atoms. The van der Waals surface area contributed by atoms with Gasteiger partial charge in [0.05, 0.1) is 23.7 Å². The van der Waals surface area contributed by atoms with Crippen LogP contribution in [0.15, 0.2) is 36.5 Å². The zero-order chi connectivity index (χ0) is 17.2. The van der Waals surface area contributed by atoms with Crippen molar-refractivity contribution >= 4 is 21.6 Å². The van der Waals surface area contributed by atoms with E-state index in [0.29, 0.717) is 18.2 Å². The number of aromatic nitrogens is 3. The van der Waals surface area contributed by atoms with Crippen molar-refractivity contribution in [1.29, 1.82) is 0 Å². The summed E-state index contributed by atoms with van der Waals surface area (Å²) in [5.41, 5.74) is 1.13. The molecule has 0 aliphatic carbocycles. The molecule has 7 nitrogen and oxygen atoms in total. The van der Waals surface area contributed by atoms with Crippen molar-refractivity contribution in [3.05, 3.63) is 42.1 Å². The minimum absolute atomic E-state index is 0.0421. The van der Waals surface area contributed by atoms with Crippen LogP contribution in [0.4, 0.5) is 11.8 Å². The van der Waals surface area contributed by atoms with E-state index in [9.17, 15) is 8.42 Å². The highest BCUT2D eigenvalue weighted by Crippen LogP contribution is 2.22. The molecular formula is C16H21N5O2S. The van der Waals surface area contributed by atoms with Crippen molar-refractivity contribution in [2.24, 2.45) is 0 Å². The van der Waals surface area contributed by atoms with Crippen LogP contribution < -0.4 is 10.2 Å². The van der Waals surface area contributed by atoms with Crippen molar-refractivity contribution in [3.8, 4) is 0 Å². The summed E-state index contributed by atoms with van der Waals surface area (Å²) in [5.74, 6) is 1.44. The molecule has 2 atom stereocenters. The summed E-state index contributed by atoms with van der Waals surface area (Å²) in [6.07, 6.45) is 2.18. The largest absolute Gasteiger partial charge is 0.354 e. The number of rotatable bonds is 5. The standard InChI is InChI=1S/C16H21N5O2S/c1-12(13-6-4-3-5-7-13)18-16-19-15(10-17-20-16)21(2)14-8-9-24(22,23)11-14/h3-7,10,12,14H,8-9,11H2,1-2H3,(H,18,19,20). The Hall–Kier alpha value is -2.22. The molecule has 0 saturated carbocycles. The van der Waals surface area contributed by atoms with Gasteiger partial charge in [0.2, 0.25) is 5.95 Å². The Morgan fingerprint density at radius 1 is 1.29 bits per heavy atom. The normalized spacial score (nSPS) is 20.5. The van der Waals surface area contributed by atoms with Gasteiger partial charge in [0.25, 0.3) is 0 Å². The fourth-order valence-corrected chi connectivity index (χ4v) is 4.59. The van der Waals surface area contributed by atoms with Gasteiger partial charge < -0.3 is 10.2 Å². The molecule has 0 bridgehead atoms. The van der Waals surface area contributed by atoms with Gasteiger partial charge in [-0.05, 0) is 18.9 Å². The SMILES string of the molecule is CC(Nc1nncc(N(C)C2CCS(=O)(=O)C2)n1)c1ccccc1.